The summed E-state index contributed by atoms with van der Waals surface area (Å²) in [6.07, 6.45) is 0.396. The Morgan fingerprint density at radius 1 is 1.27 bits per heavy atom. The Morgan fingerprint density at radius 3 is 2.61 bits per heavy atom. The van der Waals surface area contributed by atoms with Crippen LogP contribution in [-0.2, 0) is 19.4 Å². The zero-order chi connectivity index (χ0) is 24.0. The quantitative estimate of drug-likeness (QED) is 0.350. The van der Waals surface area contributed by atoms with Crippen LogP contribution in [0.4, 0.5) is 0 Å². The molecule has 13 heteroatoms. The Hall–Kier alpha value is -2.80. The maximum absolute atomic E-state index is 12.6. The topological polar surface area (TPSA) is 150 Å². The van der Waals surface area contributed by atoms with E-state index in [-0.39, 0.29) is 35.6 Å². The average Bonchev–Trinajstić information content (AvgIpc) is 3.32. The van der Waals surface area contributed by atoms with Crippen LogP contribution in [-0.4, -0.2) is 83.0 Å². The number of benzene rings is 1. The summed E-state index contributed by atoms with van der Waals surface area (Å²) < 4.78 is 29.8. The van der Waals surface area contributed by atoms with Crippen LogP contribution in [0.3, 0.4) is 0 Å². The third-order valence-corrected chi connectivity index (χ3v) is 7.78. The lowest BCUT2D eigenvalue weighted by Crippen LogP contribution is -2.45. The molecule has 33 heavy (non-hydrogen) atoms. The van der Waals surface area contributed by atoms with E-state index in [9.17, 15) is 18.0 Å². The van der Waals surface area contributed by atoms with Crippen LogP contribution >= 0.6 is 11.8 Å². The first-order valence-electron chi connectivity index (χ1n) is 10.6. The molecule has 1 aliphatic heterocycles. The first-order chi connectivity index (χ1) is 15.7. The molecule has 1 fully saturated rings. The molecule has 2 heterocycles. The molecular weight excluding hydrogens is 468 g/mol. The summed E-state index contributed by atoms with van der Waals surface area (Å²) in [6, 6.07) is 6.88. The highest BCUT2D eigenvalue weighted by molar-refractivity contribution is 7.99. The third-order valence-electron chi connectivity index (χ3n) is 5.08. The highest BCUT2D eigenvalue weighted by Gasteiger charge is 2.29. The zero-order valence-corrected chi connectivity index (χ0v) is 20.2. The number of sulfone groups is 1. The van der Waals surface area contributed by atoms with Crippen molar-refractivity contribution in [3.8, 4) is 17.1 Å². The number of carbonyl (C=O) groups excluding carboxylic acids is 2. The van der Waals surface area contributed by atoms with Gasteiger partial charge in [0.25, 0.3) is 0 Å². The summed E-state index contributed by atoms with van der Waals surface area (Å²) in [5.41, 5.74) is 0.757. The Kier molecular flexibility index (Phi) is 8.19. The number of aromatic nitrogens is 3. The molecule has 0 aliphatic carbocycles. The van der Waals surface area contributed by atoms with Crippen LogP contribution in [0.2, 0.25) is 0 Å². The fraction of sp³-hybridized carbons (Fsp3) is 0.500. The van der Waals surface area contributed by atoms with Gasteiger partial charge in [0.1, 0.15) is 5.75 Å². The molecule has 1 aromatic carbocycles. The predicted molar refractivity (Wildman–Crippen MR) is 125 cm³/mol. The van der Waals surface area contributed by atoms with Crippen LogP contribution in [0.1, 0.15) is 20.3 Å². The van der Waals surface area contributed by atoms with Crippen LogP contribution in [0.5, 0.6) is 5.75 Å². The van der Waals surface area contributed by atoms with Gasteiger partial charge in [-0.1, -0.05) is 11.8 Å². The van der Waals surface area contributed by atoms with Crippen molar-refractivity contribution in [2.45, 2.75) is 31.5 Å². The van der Waals surface area contributed by atoms with E-state index in [1.165, 1.54) is 9.58 Å². The lowest BCUT2D eigenvalue weighted by molar-refractivity contribution is -0.134. The molecule has 3 rings (SSSR count). The largest absolute Gasteiger partial charge is 0.494 e. The smallest absolute Gasteiger partial charge is 0.239 e. The van der Waals surface area contributed by atoms with Crippen LogP contribution in [0.25, 0.3) is 11.4 Å². The number of amides is 2. The number of rotatable bonds is 10. The van der Waals surface area contributed by atoms with Crippen LogP contribution in [0, 0.1) is 0 Å². The second kappa shape index (κ2) is 10.9. The minimum absolute atomic E-state index is 0.0253. The molecule has 0 saturated carbocycles. The lowest BCUT2D eigenvalue weighted by atomic mass is 10.2. The number of nitrogens with two attached hydrogens (primary N) is 1. The van der Waals surface area contributed by atoms with Gasteiger partial charge in [0.2, 0.25) is 17.0 Å². The summed E-state index contributed by atoms with van der Waals surface area (Å²) in [4.78, 5) is 26.3. The number of carbonyl (C=O) groups is 2. The number of nitrogen functional groups attached to an aromatic ring is 1. The summed E-state index contributed by atoms with van der Waals surface area (Å²) in [6.45, 7) is 4.44. The van der Waals surface area contributed by atoms with Gasteiger partial charge in [0.15, 0.2) is 15.7 Å². The molecule has 0 bridgehead atoms. The molecule has 1 aliphatic rings. The Balaban J connectivity index is 1.54. The van der Waals surface area contributed by atoms with Crippen molar-refractivity contribution < 1.29 is 22.7 Å². The highest BCUT2D eigenvalue weighted by atomic mass is 32.2. The van der Waals surface area contributed by atoms with E-state index < -0.39 is 15.9 Å². The lowest BCUT2D eigenvalue weighted by Gasteiger charge is -2.21. The standard InChI is InChI=1S/C20H28N6O5S2/c1-3-25(11-17(27)22-15-9-10-33(29,30)13-15)18(28)12-32-20-24-23-19(26(20)21)14-5-7-16(8-6-14)31-4-2/h5-8,15H,3-4,9-13,21H2,1-2H3,(H,22,27). The number of nitrogens with one attached hydrogen (secondary N) is 1. The normalized spacial score (nSPS) is 17.0. The molecule has 1 atom stereocenters. The second-order valence-corrected chi connectivity index (χ2v) is 10.7. The monoisotopic (exact) mass is 496 g/mol. The molecule has 11 nitrogen and oxygen atoms in total. The minimum Gasteiger partial charge on any atom is -0.494 e. The predicted octanol–water partition coefficient (Wildman–Crippen LogP) is 0.302. The molecule has 1 saturated heterocycles. The van der Waals surface area contributed by atoms with Gasteiger partial charge < -0.3 is 20.8 Å². The van der Waals surface area contributed by atoms with E-state index >= 15 is 0 Å². The fourth-order valence-electron chi connectivity index (χ4n) is 3.39. The maximum atomic E-state index is 12.6. The molecule has 1 unspecified atom stereocenters. The minimum atomic E-state index is -3.09. The van der Waals surface area contributed by atoms with Crippen molar-refractivity contribution in [3.05, 3.63) is 24.3 Å². The van der Waals surface area contributed by atoms with E-state index in [4.69, 9.17) is 10.6 Å². The zero-order valence-electron chi connectivity index (χ0n) is 18.6. The molecule has 1 aromatic heterocycles. The van der Waals surface area contributed by atoms with E-state index in [1.54, 1.807) is 6.92 Å². The number of likely N-dealkylation sites (N-methyl/N-ethyl adjacent to an activating group) is 1. The molecule has 2 aromatic rings. The third kappa shape index (κ3) is 6.60. The van der Waals surface area contributed by atoms with Crippen LogP contribution in [0.15, 0.2) is 29.4 Å². The first-order valence-corrected chi connectivity index (χ1v) is 13.4. The van der Waals surface area contributed by atoms with Crippen molar-refractivity contribution in [1.82, 2.24) is 25.1 Å². The van der Waals surface area contributed by atoms with Crippen molar-refractivity contribution in [2.24, 2.45) is 0 Å². The maximum Gasteiger partial charge on any atom is 0.239 e. The van der Waals surface area contributed by atoms with E-state index in [0.717, 1.165) is 23.1 Å². The van der Waals surface area contributed by atoms with Crippen LogP contribution < -0.4 is 15.9 Å². The Morgan fingerprint density at radius 2 is 2.00 bits per heavy atom. The van der Waals surface area contributed by atoms with Crippen molar-refractivity contribution >= 4 is 33.4 Å². The molecule has 0 radical (unpaired) electrons. The van der Waals surface area contributed by atoms with Gasteiger partial charge >= 0.3 is 0 Å². The van der Waals surface area contributed by atoms with Gasteiger partial charge in [-0.05, 0) is 44.5 Å². The number of thioether (sulfide) groups is 1. The average molecular weight is 497 g/mol. The summed E-state index contributed by atoms with van der Waals surface area (Å²) >= 11 is 1.12. The Bertz CT molecular complexity index is 1090. The SMILES string of the molecule is CCOc1ccc(-c2nnc(SCC(=O)N(CC)CC(=O)NC3CCS(=O)(=O)C3)n2N)cc1. The van der Waals surface area contributed by atoms with Gasteiger partial charge in [0.05, 0.1) is 30.4 Å². The highest BCUT2D eigenvalue weighted by Crippen LogP contribution is 2.24. The van der Waals surface area contributed by atoms with Gasteiger partial charge in [0, 0.05) is 18.2 Å². The van der Waals surface area contributed by atoms with Gasteiger partial charge in [-0.25, -0.2) is 13.1 Å². The molecule has 0 spiro atoms. The summed E-state index contributed by atoms with van der Waals surface area (Å²) in [5, 5.41) is 11.2. The van der Waals surface area contributed by atoms with Gasteiger partial charge in [-0.15, -0.1) is 10.2 Å². The van der Waals surface area contributed by atoms with E-state index in [1.807, 2.05) is 31.2 Å². The number of ether oxygens (including phenoxy) is 1. The van der Waals surface area contributed by atoms with Crippen molar-refractivity contribution in [2.75, 3.05) is 42.8 Å². The fourth-order valence-corrected chi connectivity index (χ4v) is 5.82. The van der Waals surface area contributed by atoms with Crippen molar-refractivity contribution in [1.29, 1.82) is 0 Å². The molecule has 3 N–H and O–H groups in total. The summed E-state index contributed by atoms with van der Waals surface area (Å²) in [5.74, 6) is 6.71. The number of hydrogen-bond acceptors (Lipinski definition) is 9. The molecule has 2 amide bonds. The number of hydrogen-bond donors (Lipinski definition) is 2. The second-order valence-electron chi connectivity index (χ2n) is 7.50. The molecule has 180 valence electrons. The molecular formula is C20H28N6O5S2. The van der Waals surface area contributed by atoms with Gasteiger partial charge in [-0.3, -0.25) is 9.59 Å². The van der Waals surface area contributed by atoms with Gasteiger partial charge in [-0.2, -0.15) is 0 Å². The van der Waals surface area contributed by atoms with E-state index in [0.29, 0.717) is 30.6 Å². The van der Waals surface area contributed by atoms with E-state index in [2.05, 4.69) is 15.5 Å². The first kappa shape index (κ1) is 24.8. The van der Waals surface area contributed by atoms with Crippen molar-refractivity contribution in [3.63, 3.8) is 0 Å². The Labute approximate surface area is 196 Å². The summed E-state index contributed by atoms with van der Waals surface area (Å²) in [7, 11) is -3.09. The number of nitrogens with zero attached hydrogens (tertiary/aromatic N) is 4.